The van der Waals surface area contributed by atoms with E-state index in [1.807, 2.05) is 30.3 Å². The number of aromatic amines is 1. The Morgan fingerprint density at radius 1 is 1.28 bits per heavy atom. The van der Waals surface area contributed by atoms with Crippen molar-refractivity contribution in [2.75, 3.05) is 11.2 Å². The standard InChI is InChI=1S/C16H16N6O2S/c23-14(17-9-12-5-2-1-3-6-12)11-25-16-19-15(21-22-16)20-18-10-13-7-4-8-24-13/h1-8,10H,9,11H2,(H,17,23)(H2,19,20,21,22)/b18-10-. The first-order chi connectivity index (χ1) is 12.3. The summed E-state index contributed by atoms with van der Waals surface area (Å²) in [5.41, 5.74) is 3.76. The van der Waals surface area contributed by atoms with E-state index in [0.717, 1.165) is 5.56 Å². The van der Waals surface area contributed by atoms with Gasteiger partial charge in [0, 0.05) is 6.54 Å². The first-order valence-electron chi connectivity index (χ1n) is 7.48. The van der Waals surface area contributed by atoms with Crippen molar-refractivity contribution in [1.29, 1.82) is 0 Å². The molecule has 0 saturated carbocycles. The molecule has 1 aromatic carbocycles. The molecule has 3 rings (SSSR count). The summed E-state index contributed by atoms with van der Waals surface area (Å²) in [5.74, 6) is 1.16. The molecular weight excluding hydrogens is 340 g/mol. The molecule has 0 fully saturated rings. The van der Waals surface area contributed by atoms with Crippen LogP contribution < -0.4 is 10.7 Å². The lowest BCUT2D eigenvalue weighted by molar-refractivity contribution is -0.118. The number of nitrogens with one attached hydrogen (secondary N) is 3. The van der Waals surface area contributed by atoms with Gasteiger partial charge < -0.3 is 9.73 Å². The van der Waals surface area contributed by atoms with Gasteiger partial charge in [-0.2, -0.15) is 10.1 Å². The van der Waals surface area contributed by atoms with Crippen LogP contribution in [0.15, 0.2) is 63.4 Å². The molecular formula is C16H16N6O2S. The number of H-pyrrole nitrogens is 1. The van der Waals surface area contributed by atoms with E-state index in [-0.39, 0.29) is 11.7 Å². The summed E-state index contributed by atoms with van der Waals surface area (Å²) in [6.45, 7) is 0.503. The van der Waals surface area contributed by atoms with Crippen LogP contribution in [-0.4, -0.2) is 33.1 Å². The normalized spacial score (nSPS) is 10.9. The van der Waals surface area contributed by atoms with Gasteiger partial charge in [0.05, 0.1) is 18.2 Å². The number of benzene rings is 1. The van der Waals surface area contributed by atoms with Gasteiger partial charge in [-0.1, -0.05) is 42.1 Å². The SMILES string of the molecule is O=C(CSc1n[nH]c(N/N=C\c2ccco2)n1)NCc1ccccc1. The molecule has 0 aliphatic heterocycles. The fourth-order valence-corrected chi connectivity index (χ4v) is 2.49. The Hall–Kier alpha value is -3.07. The second-order valence-electron chi connectivity index (χ2n) is 4.90. The molecule has 0 radical (unpaired) electrons. The van der Waals surface area contributed by atoms with E-state index in [2.05, 4.69) is 31.0 Å². The summed E-state index contributed by atoms with van der Waals surface area (Å²) >= 11 is 1.24. The van der Waals surface area contributed by atoms with Crippen LogP contribution in [0.25, 0.3) is 0 Å². The number of thioether (sulfide) groups is 1. The number of carbonyl (C=O) groups excluding carboxylic acids is 1. The number of aromatic nitrogens is 3. The van der Waals surface area contributed by atoms with Gasteiger partial charge in [-0.15, -0.1) is 5.10 Å². The zero-order valence-corrected chi connectivity index (χ0v) is 14.0. The highest BCUT2D eigenvalue weighted by molar-refractivity contribution is 7.99. The van der Waals surface area contributed by atoms with Crippen molar-refractivity contribution >= 4 is 29.8 Å². The Kier molecular flexibility index (Phi) is 5.83. The highest BCUT2D eigenvalue weighted by Crippen LogP contribution is 2.13. The Labute approximate surface area is 148 Å². The Morgan fingerprint density at radius 2 is 2.16 bits per heavy atom. The highest BCUT2D eigenvalue weighted by Gasteiger charge is 2.07. The topological polar surface area (TPSA) is 108 Å². The number of carbonyl (C=O) groups is 1. The summed E-state index contributed by atoms with van der Waals surface area (Å²) in [7, 11) is 0. The number of anilines is 1. The fourth-order valence-electron chi connectivity index (χ4n) is 1.86. The minimum Gasteiger partial charge on any atom is -0.463 e. The number of hydrogen-bond donors (Lipinski definition) is 3. The lowest BCUT2D eigenvalue weighted by Gasteiger charge is -2.03. The van der Waals surface area contributed by atoms with E-state index in [1.54, 1.807) is 18.4 Å². The van der Waals surface area contributed by atoms with Gasteiger partial charge in [0.2, 0.25) is 17.0 Å². The van der Waals surface area contributed by atoms with Gasteiger partial charge in [-0.05, 0) is 17.7 Å². The summed E-state index contributed by atoms with van der Waals surface area (Å²) in [5, 5.41) is 14.0. The number of furan rings is 1. The zero-order valence-electron chi connectivity index (χ0n) is 13.2. The van der Waals surface area contributed by atoms with Gasteiger partial charge >= 0.3 is 0 Å². The fraction of sp³-hybridized carbons (Fsp3) is 0.125. The average molecular weight is 356 g/mol. The van der Waals surface area contributed by atoms with E-state index >= 15 is 0 Å². The first kappa shape index (κ1) is 16.8. The summed E-state index contributed by atoms with van der Waals surface area (Å²) in [4.78, 5) is 16.0. The Bertz CT molecular complexity index is 816. The van der Waals surface area contributed by atoms with Crippen molar-refractivity contribution in [1.82, 2.24) is 20.5 Å². The molecule has 2 heterocycles. The van der Waals surface area contributed by atoms with Crippen LogP contribution in [-0.2, 0) is 11.3 Å². The van der Waals surface area contributed by atoms with E-state index in [0.29, 0.717) is 23.4 Å². The third kappa shape index (κ3) is 5.50. The van der Waals surface area contributed by atoms with E-state index in [4.69, 9.17) is 4.42 Å². The molecule has 0 aliphatic carbocycles. The molecule has 0 unspecified atom stereocenters. The second-order valence-corrected chi connectivity index (χ2v) is 5.85. The molecule has 0 atom stereocenters. The van der Waals surface area contributed by atoms with Crippen molar-refractivity contribution in [2.24, 2.45) is 5.10 Å². The van der Waals surface area contributed by atoms with E-state index < -0.39 is 0 Å². The highest BCUT2D eigenvalue weighted by atomic mass is 32.2. The average Bonchev–Trinajstić information content (AvgIpc) is 3.31. The van der Waals surface area contributed by atoms with Crippen LogP contribution in [0.2, 0.25) is 0 Å². The van der Waals surface area contributed by atoms with Gasteiger partial charge in [0.25, 0.3) is 0 Å². The summed E-state index contributed by atoms with van der Waals surface area (Å²) in [6.07, 6.45) is 3.08. The maximum absolute atomic E-state index is 11.9. The van der Waals surface area contributed by atoms with Gasteiger partial charge in [-0.3, -0.25) is 4.79 Å². The molecule has 0 saturated heterocycles. The third-order valence-electron chi connectivity index (χ3n) is 3.04. The molecule has 25 heavy (non-hydrogen) atoms. The number of rotatable bonds is 8. The van der Waals surface area contributed by atoms with E-state index in [9.17, 15) is 4.79 Å². The summed E-state index contributed by atoms with van der Waals surface area (Å²) in [6, 6.07) is 13.3. The number of nitrogens with zero attached hydrogens (tertiary/aromatic N) is 3. The van der Waals surface area contributed by atoms with Crippen LogP contribution in [0.4, 0.5) is 5.95 Å². The molecule has 8 nitrogen and oxygen atoms in total. The molecule has 128 valence electrons. The second kappa shape index (κ2) is 8.69. The monoisotopic (exact) mass is 356 g/mol. The number of hydrogen-bond acceptors (Lipinski definition) is 7. The van der Waals surface area contributed by atoms with Gasteiger partial charge in [0.15, 0.2) is 0 Å². The van der Waals surface area contributed by atoms with Gasteiger partial charge in [0.1, 0.15) is 5.76 Å². The number of amides is 1. The van der Waals surface area contributed by atoms with Crippen molar-refractivity contribution in [3.8, 4) is 0 Å². The van der Waals surface area contributed by atoms with Crippen LogP contribution in [0.3, 0.4) is 0 Å². The zero-order chi connectivity index (χ0) is 17.3. The van der Waals surface area contributed by atoms with Crippen molar-refractivity contribution in [3.63, 3.8) is 0 Å². The largest absolute Gasteiger partial charge is 0.463 e. The van der Waals surface area contributed by atoms with E-state index in [1.165, 1.54) is 18.0 Å². The molecule has 3 N–H and O–H groups in total. The van der Waals surface area contributed by atoms with Crippen LogP contribution in [0, 0.1) is 0 Å². The van der Waals surface area contributed by atoms with Crippen molar-refractivity contribution in [3.05, 3.63) is 60.1 Å². The van der Waals surface area contributed by atoms with Crippen LogP contribution in [0.5, 0.6) is 0 Å². The third-order valence-corrected chi connectivity index (χ3v) is 3.88. The lowest BCUT2D eigenvalue weighted by atomic mass is 10.2. The smallest absolute Gasteiger partial charge is 0.240 e. The van der Waals surface area contributed by atoms with Crippen molar-refractivity contribution in [2.45, 2.75) is 11.7 Å². The maximum atomic E-state index is 11.9. The molecule has 2 aromatic heterocycles. The maximum Gasteiger partial charge on any atom is 0.240 e. The first-order valence-corrected chi connectivity index (χ1v) is 8.46. The van der Waals surface area contributed by atoms with Crippen LogP contribution in [0.1, 0.15) is 11.3 Å². The number of hydrazone groups is 1. The Balaban J connectivity index is 1.40. The minimum absolute atomic E-state index is 0.0796. The predicted octanol–water partition coefficient (Wildman–Crippen LogP) is 2.25. The molecule has 3 aromatic rings. The molecule has 0 spiro atoms. The molecule has 0 bridgehead atoms. The Morgan fingerprint density at radius 3 is 2.96 bits per heavy atom. The lowest BCUT2D eigenvalue weighted by Crippen LogP contribution is -2.24. The minimum atomic E-state index is -0.0796. The van der Waals surface area contributed by atoms with Crippen LogP contribution >= 0.6 is 11.8 Å². The predicted molar refractivity (Wildman–Crippen MR) is 95.3 cm³/mol. The quantitative estimate of drug-likeness (QED) is 0.324. The summed E-state index contributed by atoms with van der Waals surface area (Å²) < 4.78 is 5.11. The molecule has 9 heteroatoms. The molecule has 0 aliphatic rings. The van der Waals surface area contributed by atoms with Gasteiger partial charge in [-0.25, -0.2) is 10.5 Å². The van der Waals surface area contributed by atoms with Crippen molar-refractivity contribution < 1.29 is 9.21 Å². The molecule has 1 amide bonds.